The molecule has 31 heavy (non-hydrogen) atoms. The van der Waals surface area contributed by atoms with E-state index in [0.29, 0.717) is 0 Å². The number of aromatic nitrogens is 4. The van der Waals surface area contributed by atoms with E-state index in [1.54, 1.807) is 0 Å². The third-order valence-corrected chi connectivity index (χ3v) is 7.42. The number of aliphatic hydroxyl groups excluding tert-OH is 2. The molecular weight excluding hydrogens is 491 g/mol. The lowest BCUT2D eigenvalue weighted by Crippen LogP contribution is -2.33. The SMILES string of the molecule is Nc1nc2c(ncn2[C@@H]2O[C@H](CO[PH](=O)OP(=O)(O)OP(=O)(O)O)C(O)C2O)c(=O)[nH]1. The van der Waals surface area contributed by atoms with Crippen molar-refractivity contribution in [3.63, 3.8) is 0 Å². The Labute approximate surface area is 171 Å². The first-order valence-electron chi connectivity index (χ1n) is 7.97. The fraction of sp³-hybridized carbons (Fsp3) is 0.500. The molecule has 8 N–H and O–H groups in total. The number of hydrogen-bond acceptors (Lipinski definition) is 13. The molecule has 6 atom stereocenters. The standard InChI is InChI=1S/C10H16N5O13P3/c11-10-13-7-4(8(18)14-10)12-2-15(7)9-6(17)5(16)3(26-9)1-25-29(19)27-31(23,24)28-30(20,21)22/h2-3,5-6,9,16-17,29H,1H2,(H,23,24)(H2,20,21,22)(H3,11,13,14,18)/t3-,5?,6?,9-/m1/s1. The Balaban J connectivity index is 1.68. The number of ether oxygens (including phenoxy) is 1. The molecule has 174 valence electrons. The van der Waals surface area contributed by atoms with Gasteiger partial charge < -0.3 is 39.9 Å². The monoisotopic (exact) mass is 507 g/mol. The number of nitrogens with zero attached hydrogens (tertiary/aromatic N) is 3. The third kappa shape index (κ3) is 5.64. The molecule has 21 heteroatoms. The lowest BCUT2D eigenvalue weighted by atomic mass is 10.1. The van der Waals surface area contributed by atoms with Crippen molar-refractivity contribution >= 4 is 41.0 Å². The van der Waals surface area contributed by atoms with Gasteiger partial charge in [-0.05, 0) is 0 Å². The number of anilines is 1. The number of aromatic amines is 1. The highest BCUT2D eigenvalue weighted by atomic mass is 31.3. The number of fused-ring (bicyclic) bond motifs is 1. The van der Waals surface area contributed by atoms with Crippen LogP contribution in [0.1, 0.15) is 6.23 Å². The molecule has 0 saturated carbocycles. The number of nitrogen functional groups attached to an aromatic ring is 1. The summed E-state index contributed by atoms with van der Waals surface area (Å²) < 4.78 is 52.1. The minimum Gasteiger partial charge on any atom is -0.387 e. The zero-order valence-electron chi connectivity index (χ0n) is 14.9. The van der Waals surface area contributed by atoms with Crippen molar-refractivity contribution in [3.8, 4) is 0 Å². The van der Waals surface area contributed by atoms with Crippen molar-refractivity contribution in [1.29, 1.82) is 0 Å². The second-order valence-electron chi connectivity index (χ2n) is 6.01. The Morgan fingerprint density at radius 2 is 1.97 bits per heavy atom. The number of rotatable bonds is 8. The van der Waals surface area contributed by atoms with Crippen LogP contribution in [0.5, 0.6) is 0 Å². The molecule has 1 fully saturated rings. The van der Waals surface area contributed by atoms with E-state index < -0.39 is 60.6 Å². The molecule has 0 spiro atoms. The molecule has 1 saturated heterocycles. The van der Waals surface area contributed by atoms with Crippen LogP contribution in [0.3, 0.4) is 0 Å². The van der Waals surface area contributed by atoms with Gasteiger partial charge in [0.05, 0.1) is 12.9 Å². The average molecular weight is 507 g/mol. The smallest absolute Gasteiger partial charge is 0.387 e. The molecule has 2 aromatic rings. The molecule has 18 nitrogen and oxygen atoms in total. The van der Waals surface area contributed by atoms with Crippen LogP contribution < -0.4 is 11.3 Å². The Kier molecular flexibility index (Phi) is 6.84. The summed E-state index contributed by atoms with van der Waals surface area (Å²) in [4.78, 5) is 47.9. The summed E-state index contributed by atoms with van der Waals surface area (Å²) in [6, 6.07) is 0. The van der Waals surface area contributed by atoms with Crippen LogP contribution in [0.25, 0.3) is 11.2 Å². The van der Waals surface area contributed by atoms with Crippen LogP contribution in [0.15, 0.2) is 11.1 Å². The van der Waals surface area contributed by atoms with Gasteiger partial charge in [0, 0.05) is 0 Å². The maximum Gasteiger partial charge on any atom is 0.488 e. The molecule has 1 aliphatic rings. The van der Waals surface area contributed by atoms with Gasteiger partial charge in [-0.3, -0.25) is 18.9 Å². The Bertz CT molecular complexity index is 1140. The van der Waals surface area contributed by atoms with E-state index >= 15 is 0 Å². The number of hydrogen-bond donors (Lipinski definition) is 7. The number of phosphoric acid groups is 2. The quantitative estimate of drug-likeness (QED) is 0.189. The van der Waals surface area contributed by atoms with Crippen molar-refractivity contribution in [2.24, 2.45) is 0 Å². The molecule has 2 aromatic heterocycles. The maximum atomic E-state index is 11.8. The Morgan fingerprint density at radius 1 is 1.29 bits per heavy atom. The van der Waals surface area contributed by atoms with E-state index in [9.17, 15) is 28.7 Å². The average Bonchev–Trinajstić information content (AvgIpc) is 3.13. The first kappa shape index (κ1) is 24.1. The highest BCUT2D eigenvalue weighted by Gasteiger charge is 2.45. The summed E-state index contributed by atoms with van der Waals surface area (Å²) in [5.74, 6) is -0.242. The van der Waals surface area contributed by atoms with E-state index in [2.05, 4.69) is 28.1 Å². The molecule has 0 aliphatic carbocycles. The normalized spacial score (nSPS) is 27.4. The zero-order valence-corrected chi connectivity index (χ0v) is 17.7. The summed E-state index contributed by atoms with van der Waals surface area (Å²) in [7, 11) is -14.7. The largest absolute Gasteiger partial charge is 0.488 e. The van der Waals surface area contributed by atoms with Crippen molar-refractivity contribution < 1.29 is 56.5 Å². The van der Waals surface area contributed by atoms with E-state index in [-0.39, 0.29) is 17.1 Å². The molecular formula is C10H16N5O13P3. The van der Waals surface area contributed by atoms with Gasteiger partial charge in [-0.2, -0.15) is 9.29 Å². The second-order valence-corrected chi connectivity index (χ2v) is 10.1. The molecule has 0 radical (unpaired) electrons. The Hall–Kier alpha value is -1.52. The molecule has 0 aromatic carbocycles. The van der Waals surface area contributed by atoms with Crippen LogP contribution in [-0.2, 0) is 31.6 Å². The van der Waals surface area contributed by atoms with Gasteiger partial charge in [-0.25, -0.2) is 18.4 Å². The van der Waals surface area contributed by atoms with Crippen LogP contribution >= 0.6 is 23.9 Å². The zero-order chi connectivity index (χ0) is 23.1. The fourth-order valence-corrected chi connectivity index (χ4v) is 5.42. The van der Waals surface area contributed by atoms with Crippen LogP contribution in [-0.4, -0.2) is 69.3 Å². The molecule has 3 rings (SSSR count). The maximum absolute atomic E-state index is 11.8. The van der Waals surface area contributed by atoms with Gasteiger partial charge in [0.15, 0.2) is 17.4 Å². The van der Waals surface area contributed by atoms with Gasteiger partial charge in [0.25, 0.3) is 5.56 Å². The number of H-pyrrole nitrogens is 1. The molecule has 1 aliphatic heterocycles. The highest BCUT2D eigenvalue weighted by molar-refractivity contribution is 7.64. The van der Waals surface area contributed by atoms with Gasteiger partial charge in [0.2, 0.25) is 5.95 Å². The van der Waals surface area contributed by atoms with Crippen molar-refractivity contribution in [1.82, 2.24) is 19.5 Å². The summed E-state index contributed by atoms with van der Waals surface area (Å²) in [6.45, 7) is -0.745. The van der Waals surface area contributed by atoms with E-state index in [1.165, 1.54) is 0 Å². The summed E-state index contributed by atoms with van der Waals surface area (Å²) in [5, 5.41) is 20.4. The molecule has 3 heterocycles. The van der Waals surface area contributed by atoms with Gasteiger partial charge >= 0.3 is 23.9 Å². The summed E-state index contributed by atoms with van der Waals surface area (Å²) in [6.07, 6.45) is -4.80. The molecule has 0 amide bonds. The van der Waals surface area contributed by atoms with Crippen LogP contribution in [0, 0.1) is 0 Å². The summed E-state index contributed by atoms with van der Waals surface area (Å²) in [5.41, 5.74) is 4.64. The molecule has 0 bridgehead atoms. The highest BCUT2D eigenvalue weighted by Crippen LogP contribution is 2.61. The van der Waals surface area contributed by atoms with E-state index in [1.807, 2.05) is 0 Å². The first-order chi connectivity index (χ1) is 14.3. The van der Waals surface area contributed by atoms with Crippen molar-refractivity contribution in [2.75, 3.05) is 12.3 Å². The molecule has 4 unspecified atom stereocenters. The first-order valence-corrected chi connectivity index (χ1v) is 12.2. The van der Waals surface area contributed by atoms with Crippen molar-refractivity contribution in [2.45, 2.75) is 24.5 Å². The predicted octanol–water partition coefficient (Wildman–Crippen LogP) is -2.05. The fourth-order valence-electron chi connectivity index (χ4n) is 2.65. The number of imidazole rings is 1. The van der Waals surface area contributed by atoms with Crippen LogP contribution in [0.4, 0.5) is 5.95 Å². The second kappa shape index (κ2) is 8.78. The van der Waals surface area contributed by atoms with Crippen LogP contribution in [0.2, 0.25) is 0 Å². The Morgan fingerprint density at radius 3 is 2.61 bits per heavy atom. The predicted molar refractivity (Wildman–Crippen MR) is 97.5 cm³/mol. The minimum atomic E-state index is -5.43. The minimum absolute atomic E-state index is 0.0632. The number of nitrogens with two attached hydrogens (primary N) is 1. The topological polar surface area (TPSA) is 279 Å². The van der Waals surface area contributed by atoms with Gasteiger partial charge in [0.1, 0.15) is 18.3 Å². The van der Waals surface area contributed by atoms with Gasteiger partial charge in [-0.1, -0.05) is 0 Å². The number of nitrogens with one attached hydrogen (secondary N) is 1. The third-order valence-electron chi connectivity index (χ3n) is 3.83. The summed E-state index contributed by atoms with van der Waals surface area (Å²) >= 11 is 0. The van der Waals surface area contributed by atoms with E-state index in [0.717, 1.165) is 10.9 Å². The number of aliphatic hydroxyl groups is 2. The van der Waals surface area contributed by atoms with Gasteiger partial charge in [-0.15, -0.1) is 0 Å². The lowest BCUT2D eigenvalue weighted by molar-refractivity contribution is -0.0476. The van der Waals surface area contributed by atoms with Crippen molar-refractivity contribution in [3.05, 3.63) is 16.7 Å². The van der Waals surface area contributed by atoms with E-state index in [4.69, 9.17) is 25.2 Å². The lowest BCUT2D eigenvalue weighted by Gasteiger charge is -2.16.